The number of carbonyl (C=O) groups is 1. The number of amides is 1. The van der Waals surface area contributed by atoms with Gasteiger partial charge in [-0.15, -0.1) is 0 Å². The Hall–Kier alpha value is -1.42. The molecular formula is C16H25N3O. The Labute approximate surface area is 121 Å². The third-order valence-electron chi connectivity index (χ3n) is 3.90. The number of aryl methyl sites for hydroxylation is 1. The van der Waals surface area contributed by atoms with Crippen LogP contribution in [-0.2, 0) is 0 Å². The van der Waals surface area contributed by atoms with Crippen LogP contribution in [0.25, 0.3) is 0 Å². The van der Waals surface area contributed by atoms with Crippen molar-refractivity contribution in [2.45, 2.75) is 58.0 Å². The van der Waals surface area contributed by atoms with E-state index in [9.17, 15) is 4.79 Å². The van der Waals surface area contributed by atoms with Crippen LogP contribution in [0.1, 0.15) is 55.1 Å². The van der Waals surface area contributed by atoms with E-state index < -0.39 is 0 Å². The van der Waals surface area contributed by atoms with E-state index in [2.05, 4.69) is 22.5 Å². The van der Waals surface area contributed by atoms with Crippen LogP contribution in [0.4, 0.5) is 0 Å². The van der Waals surface area contributed by atoms with Crippen molar-refractivity contribution in [3.63, 3.8) is 0 Å². The van der Waals surface area contributed by atoms with Crippen molar-refractivity contribution >= 4 is 5.91 Å². The van der Waals surface area contributed by atoms with Gasteiger partial charge in [0.15, 0.2) is 0 Å². The summed E-state index contributed by atoms with van der Waals surface area (Å²) in [6.07, 6.45) is 7.31. The maximum atomic E-state index is 12.2. The summed E-state index contributed by atoms with van der Waals surface area (Å²) in [5.74, 6) is 0.0282. The molecule has 0 aliphatic heterocycles. The molecule has 1 saturated carbocycles. The van der Waals surface area contributed by atoms with Gasteiger partial charge in [0, 0.05) is 29.5 Å². The fourth-order valence-electron chi connectivity index (χ4n) is 2.75. The smallest absolute Gasteiger partial charge is 0.251 e. The van der Waals surface area contributed by atoms with Gasteiger partial charge in [0.1, 0.15) is 0 Å². The molecule has 4 nitrogen and oxygen atoms in total. The zero-order chi connectivity index (χ0) is 14.4. The fourth-order valence-corrected chi connectivity index (χ4v) is 2.75. The Morgan fingerprint density at radius 3 is 2.65 bits per heavy atom. The summed E-state index contributed by atoms with van der Waals surface area (Å²) in [7, 11) is 0. The first-order chi connectivity index (χ1) is 9.69. The third-order valence-corrected chi connectivity index (χ3v) is 3.90. The highest BCUT2D eigenvalue weighted by Gasteiger charge is 2.22. The summed E-state index contributed by atoms with van der Waals surface area (Å²) in [6, 6.07) is 4.56. The van der Waals surface area contributed by atoms with Crippen LogP contribution in [0.2, 0.25) is 0 Å². The van der Waals surface area contributed by atoms with Crippen LogP contribution in [0.15, 0.2) is 18.3 Å². The van der Waals surface area contributed by atoms with Gasteiger partial charge in [-0.1, -0.05) is 6.92 Å². The maximum absolute atomic E-state index is 12.2. The van der Waals surface area contributed by atoms with Crippen LogP contribution in [0.5, 0.6) is 0 Å². The second kappa shape index (κ2) is 7.39. The minimum atomic E-state index is 0.0282. The molecule has 4 heteroatoms. The lowest BCUT2D eigenvalue weighted by Crippen LogP contribution is -2.42. The molecule has 1 heterocycles. The molecular weight excluding hydrogens is 250 g/mol. The molecule has 0 spiro atoms. The minimum Gasteiger partial charge on any atom is -0.349 e. The van der Waals surface area contributed by atoms with E-state index >= 15 is 0 Å². The first-order valence-electron chi connectivity index (χ1n) is 7.66. The summed E-state index contributed by atoms with van der Waals surface area (Å²) in [5.41, 5.74) is 1.59. The lowest BCUT2D eigenvalue weighted by molar-refractivity contribution is 0.0924. The molecule has 0 saturated heterocycles. The van der Waals surface area contributed by atoms with Crippen molar-refractivity contribution in [2.24, 2.45) is 0 Å². The molecule has 20 heavy (non-hydrogen) atoms. The Kier molecular flexibility index (Phi) is 5.53. The van der Waals surface area contributed by atoms with Gasteiger partial charge in [-0.2, -0.15) is 0 Å². The predicted octanol–water partition coefficient (Wildman–Crippen LogP) is 2.43. The maximum Gasteiger partial charge on any atom is 0.251 e. The average molecular weight is 275 g/mol. The highest BCUT2D eigenvalue weighted by atomic mass is 16.1. The van der Waals surface area contributed by atoms with Crippen LogP contribution in [-0.4, -0.2) is 29.5 Å². The van der Waals surface area contributed by atoms with E-state index in [-0.39, 0.29) is 5.91 Å². The molecule has 1 aromatic rings. The van der Waals surface area contributed by atoms with Crippen LogP contribution in [0.3, 0.4) is 0 Å². The summed E-state index contributed by atoms with van der Waals surface area (Å²) < 4.78 is 0. The quantitative estimate of drug-likeness (QED) is 0.868. The Bertz CT molecular complexity index is 439. The number of hydrogen-bond acceptors (Lipinski definition) is 3. The van der Waals surface area contributed by atoms with E-state index in [0.717, 1.165) is 37.9 Å². The molecule has 1 aliphatic rings. The second-order valence-electron chi connectivity index (χ2n) is 5.66. The van der Waals surface area contributed by atoms with Crippen LogP contribution < -0.4 is 10.6 Å². The lowest BCUT2D eigenvalue weighted by atomic mass is 9.91. The van der Waals surface area contributed by atoms with Crippen LogP contribution in [0, 0.1) is 6.92 Å². The van der Waals surface area contributed by atoms with Crippen molar-refractivity contribution in [2.75, 3.05) is 6.54 Å². The van der Waals surface area contributed by atoms with Crippen molar-refractivity contribution in [1.82, 2.24) is 15.6 Å². The SMILES string of the molecule is CCCNC1CCC(NC(=O)c2ccnc(C)c2)CC1. The van der Waals surface area contributed by atoms with Crippen molar-refractivity contribution < 1.29 is 4.79 Å². The number of carbonyl (C=O) groups excluding carboxylic acids is 1. The van der Waals surface area contributed by atoms with Gasteiger partial charge in [0.05, 0.1) is 0 Å². The predicted molar refractivity (Wildman–Crippen MR) is 80.8 cm³/mol. The highest BCUT2D eigenvalue weighted by Crippen LogP contribution is 2.19. The minimum absolute atomic E-state index is 0.0282. The molecule has 1 fully saturated rings. The molecule has 0 atom stereocenters. The molecule has 0 aromatic carbocycles. The molecule has 110 valence electrons. The topological polar surface area (TPSA) is 54.0 Å². The monoisotopic (exact) mass is 275 g/mol. The molecule has 2 N–H and O–H groups in total. The highest BCUT2D eigenvalue weighted by molar-refractivity contribution is 5.94. The second-order valence-corrected chi connectivity index (χ2v) is 5.66. The number of aromatic nitrogens is 1. The summed E-state index contributed by atoms with van der Waals surface area (Å²) in [6.45, 7) is 5.19. The largest absolute Gasteiger partial charge is 0.349 e. The van der Waals surface area contributed by atoms with Crippen molar-refractivity contribution in [1.29, 1.82) is 0 Å². The zero-order valence-corrected chi connectivity index (χ0v) is 12.5. The molecule has 0 bridgehead atoms. The summed E-state index contributed by atoms with van der Waals surface area (Å²) >= 11 is 0. The zero-order valence-electron chi connectivity index (χ0n) is 12.5. The first kappa shape index (κ1) is 15.0. The van der Waals surface area contributed by atoms with E-state index in [1.807, 2.05) is 13.0 Å². The van der Waals surface area contributed by atoms with Gasteiger partial charge in [-0.25, -0.2) is 0 Å². The number of rotatable bonds is 5. The molecule has 0 unspecified atom stereocenters. The first-order valence-corrected chi connectivity index (χ1v) is 7.66. The molecule has 2 rings (SSSR count). The van der Waals surface area contributed by atoms with E-state index in [4.69, 9.17) is 0 Å². The number of hydrogen-bond donors (Lipinski definition) is 2. The van der Waals surface area contributed by atoms with Crippen molar-refractivity contribution in [3.05, 3.63) is 29.6 Å². The number of nitrogens with one attached hydrogen (secondary N) is 2. The van der Waals surface area contributed by atoms with Crippen molar-refractivity contribution in [3.8, 4) is 0 Å². The normalized spacial score (nSPS) is 22.5. The van der Waals surface area contributed by atoms with E-state index in [0.29, 0.717) is 17.6 Å². The summed E-state index contributed by atoms with van der Waals surface area (Å²) in [4.78, 5) is 16.3. The Morgan fingerprint density at radius 2 is 2.00 bits per heavy atom. The fraction of sp³-hybridized carbons (Fsp3) is 0.625. The van der Waals surface area contributed by atoms with E-state index in [1.54, 1.807) is 12.3 Å². The van der Waals surface area contributed by atoms with Gasteiger partial charge >= 0.3 is 0 Å². The van der Waals surface area contributed by atoms with E-state index in [1.165, 1.54) is 6.42 Å². The molecule has 1 amide bonds. The van der Waals surface area contributed by atoms with Gasteiger partial charge in [-0.05, 0) is 57.7 Å². The van der Waals surface area contributed by atoms with Gasteiger partial charge in [-0.3, -0.25) is 9.78 Å². The summed E-state index contributed by atoms with van der Waals surface area (Å²) in [5, 5.41) is 6.71. The van der Waals surface area contributed by atoms with Crippen LogP contribution >= 0.6 is 0 Å². The van der Waals surface area contributed by atoms with Gasteiger partial charge in [0.25, 0.3) is 5.91 Å². The van der Waals surface area contributed by atoms with Gasteiger partial charge in [0.2, 0.25) is 0 Å². The lowest BCUT2D eigenvalue weighted by Gasteiger charge is -2.29. The Morgan fingerprint density at radius 1 is 1.30 bits per heavy atom. The van der Waals surface area contributed by atoms with Gasteiger partial charge < -0.3 is 10.6 Å². The molecule has 1 aromatic heterocycles. The standard InChI is InChI=1S/C16H25N3O/c1-3-9-18-14-4-6-15(7-5-14)19-16(20)13-8-10-17-12(2)11-13/h8,10-11,14-15,18H,3-7,9H2,1-2H3,(H,19,20). The molecule has 1 aliphatic carbocycles. The average Bonchev–Trinajstić information content (AvgIpc) is 2.46. The number of nitrogens with zero attached hydrogens (tertiary/aromatic N) is 1. The third kappa shape index (κ3) is 4.30. The molecule has 0 radical (unpaired) electrons. The Balaban J connectivity index is 1.79. The number of pyridine rings is 1.